The van der Waals surface area contributed by atoms with Crippen LogP contribution in [0.3, 0.4) is 0 Å². The zero-order chi connectivity index (χ0) is 13.2. The normalized spacial score (nSPS) is 19.9. The van der Waals surface area contributed by atoms with Crippen LogP contribution in [0.1, 0.15) is 49.4 Å². The van der Waals surface area contributed by atoms with Gasteiger partial charge >= 0.3 is 0 Å². The first-order valence-electron chi connectivity index (χ1n) is 6.30. The fourth-order valence-corrected chi connectivity index (χ4v) is 4.47. The van der Waals surface area contributed by atoms with Crippen molar-refractivity contribution in [1.29, 1.82) is 0 Å². The summed E-state index contributed by atoms with van der Waals surface area (Å²) in [6, 6.07) is 4.10. The monoisotopic (exact) mass is 330 g/mol. The van der Waals surface area contributed by atoms with E-state index in [0.717, 1.165) is 23.0 Å². The van der Waals surface area contributed by atoms with Gasteiger partial charge in [-0.05, 0) is 52.7 Å². The molecule has 0 aliphatic heterocycles. The van der Waals surface area contributed by atoms with Crippen LogP contribution in [0.4, 0.5) is 0 Å². The molecule has 2 rings (SSSR count). The Bertz CT molecular complexity index is 426. The number of hydrogen-bond acceptors (Lipinski definition) is 3. The first kappa shape index (κ1) is 14.0. The highest BCUT2D eigenvalue weighted by Crippen LogP contribution is 2.47. The number of carbonyl (C=O) groups excluding carboxylic acids is 1. The summed E-state index contributed by atoms with van der Waals surface area (Å²) in [6.45, 7) is 0. The van der Waals surface area contributed by atoms with E-state index in [-0.39, 0.29) is 17.4 Å². The van der Waals surface area contributed by atoms with Gasteiger partial charge < -0.3 is 11.5 Å². The van der Waals surface area contributed by atoms with Gasteiger partial charge in [0.2, 0.25) is 5.91 Å². The molecule has 5 heteroatoms. The number of thiophene rings is 1. The van der Waals surface area contributed by atoms with Crippen LogP contribution >= 0.6 is 27.3 Å². The van der Waals surface area contributed by atoms with Crippen molar-refractivity contribution >= 4 is 33.2 Å². The van der Waals surface area contributed by atoms with Crippen LogP contribution in [-0.4, -0.2) is 5.91 Å². The highest BCUT2D eigenvalue weighted by molar-refractivity contribution is 9.11. The maximum absolute atomic E-state index is 11.3. The fourth-order valence-electron chi connectivity index (χ4n) is 3.04. The standard InChI is InChI=1S/C13H19BrN2OS/c14-11-4-3-10(18-11)9(15)7-13(8-12(16)17)5-1-2-6-13/h3-4,9H,1-2,5-8,15H2,(H2,16,17). The van der Waals surface area contributed by atoms with Crippen LogP contribution in [0, 0.1) is 5.41 Å². The quantitative estimate of drug-likeness (QED) is 0.869. The molecule has 1 aromatic rings. The molecule has 1 saturated carbocycles. The minimum atomic E-state index is -0.198. The lowest BCUT2D eigenvalue weighted by Crippen LogP contribution is -2.29. The molecule has 0 aromatic carbocycles. The van der Waals surface area contributed by atoms with Crippen molar-refractivity contribution < 1.29 is 4.79 Å². The third-order valence-corrected chi connectivity index (χ3v) is 5.58. The van der Waals surface area contributed by atoms with Gasteiger partial charge in [-0.1, -0.05) is 12.8 Å². The van der Waals surface area contributed by atoms with Gasteiger partial charge in [0.05, 0.1) is 3.79 Å². The molecule has 1 aliphatic carbocycles. The molecule has 0 saturated heterocycles. The second-order valence-corrected chi connectivity index (χ2v) is 7.80. The maximum atomic E-state index is 11.3. The molecule has 1 atom stereocenters. The number of carbonyl (C=O) groups is 1. The third-order valence-electron chi connectivity index (χ3n) is 3.83. The average Bonchev–Trinajstić information content (AvgIpc) is 2.87. The molecule has 0 bridgehead atoms. The number of hydrogen-bond donors (Lipinski definition) is 2. The number of amides is 1. The largest absolute Gasteiger partial charge is 0.370 e. The van der Waals surface area contributed by atoms with Crippen molar-refractivity contribution in [2.45, 2.75) is 44.6 Å². The first-order chi connectivity index (χ1) is 8.51. The van der Waals surface area contributed by atoms with E-state index in [0.29, 0.717) is 6.42 Å². The minimum Gasteiger partial charge on any atom is -0.370 e. The smallest absolute Gasteiger partial charge is 0.217 e. The van der Waals surface area contributed by atoms with Gasteiger partial charge in [0.15, 0.2) is 0 Å². The van der Waals surface area contributed by atoms with E-state index in [1.54, 1.807) is 11.3 Å². The molecule has 1 aliphatic rings. The minimum absolute atomic E-state index is 0.0127. The van der Waals surface area contributed by atoms with Gasteiger partial charge in [-0.3, -0.25) is 4.79 Å². The van der Waals surface area contributed by atoms with E-state index >= 15 is 0 Å². The van der Waals surface area contributed by atoms with Gasteiger partial charge in [0.1, 0.15) is 0 Å². The summed E-state index contributed by atoms with van der Waals surface area (Å²) in [4.78, 5) is 12.4. The second kappa shape index (κ2) is 5.72. The first-order valence-corrected chi connectivity index (χ1v) is 7.91. The zero-order valence-electron chi connectivity index (χ0n) is 10.3. The summed E-state index contributed by atoms with van der Waals surface area (Å²) in [7, 11) is 0. The highest BCUT2D eigenvalue weighted by Gasteiger charge is 2.37. The second-order valence-electron chi connectivity index (χ2n) is 5.30. The summed E-state index contributed by atoms with van der Waals surface area (Å²) in [5.41, 5.74) is 11.7. The molecule has 0 radical (unpaired) electrons. The highest BCUT2D eigenvalue weighted by atomic mass is 79.9. The Labute approximate surface area is 120 Å². The Hall–Kier alpha value is -0.390. The molecular formula is C13H19BrN2OS. The molecule has 0 spiro atoms. The van der Waals surface area contributed by atoms with Crippen molar-refractivity contribution in [3.05, 3.63) is 20.8 Å². The average molecular weight is 331 g/mol. The van der Waals surface area contributed by atoms with Crippen molar-refractivity contribution in [1.82, 2.24) is 0 Å². The van der Waals surface area contributed by atoms with Crippen molar-refractivity contribution in [3.63, 3.8) is 0 Å². The maximum Gasteiger partial charge on any atom is 0.217 e. The molecule has 1 amide bonds. The third kappa shape index (κ3) is 3.33. The van der Waals surface area contributed by atoms with Crippen LogP contribution in [0.2, 0.25) is 0 Å². The van der Waals surface area contributed by atoms with E-state index in [2.05, 4.69) is 22.0 Å². The van der Waals surface area contributed by atoms with E-state index in [4.69, 9.17) is 11.5 Å². The lowest BCUT2D eigenvalue weighted by atomic mass is 9.77. The van der Waals surface area contributed by atoms with Crippen LogP contribution in [0.25, 0.3) is 0 Å². The molecule has 4 N–H and O–H groups in total. The van der Waals surface area contributed by atoms with Gasteiger partial charge in [0.25, 0.3) is 0 Å². The zero-order valence-corrected chi connectivity index (χ0v) is 12.7. The van der Waals surface area contributed by atoms with Crippen LogP contribution in [0.15, 0.2) is 15.9 Å². The summed E-state index contributed by atoms with van der Waals surface area (Å²) < 4.78 is 1.10. The summed E-state index contributed by atoms with van der Waals surface area (Å²) in [5, 5.41) is 0. The molecular weight excluding hydrogens is 312 g/mol. The predicted octanol–water partition coefficient (Wildman–Crippen LogP) is 3.34. The Kier molecular flexibility index (Phi) is 4.45. The van der Waals surface area contributed by atoms with Crippen LogP contribution in [-0.2, 0) is 4.79 Å². The molecule has 100 valence electrons. The van der Waals surface area contributed by atoms with Crippen molar-refractivity contribution in [2.75, 3.05) is 0 Å². The van der Waals surface area contributed by atoms with Crippen molar-refractivity contribution in [3.8, 4) is 0 Å². The Morgan fingerprint density at radius 1 is 1.44 bits per heavy atom. The number of primary amides is 1. The molecule has 1 aromatic heterocycles. The molecule has 3 nitrogen and oxygen atoms in total. The molecule has 18 heavy (non-hydrogen) atoms. The van der Waals surface area contributed by atoms with Crippen LogP contribution in [0.5, 0.6) is 0 Å². The molecule has 1 heterocycles. The Morgan fingerprint density at radius 2 is 2.11 bits per heavy atom. The van der Waals surface area contributed by atoms with E-state index < -0.39 is 0 Å². The van der Waals surface area contributed by atoms with E-state index in [1.807, 2.05) is 6.07 Å². The topological polar surface area (TPSA) is 69.1 Å². The fraction of sp³-hybridized carbons (Fsp3) is 0.615. The summed E-state index contributed by atoms with van der Waals surface area (Å²) >= 11 is 5.13. The van der Waals surface area contributed by atoms with E-state index in [9.17, 15) is 4.79 Å². The predicted molar refractivity (Wildman–Crippen MR) is 78.3 cm³/mol. The van der Waals surface area contributed by atoms with Crippen LogP contribution < -0.4 is 11.5 Å². The summed E-state index contributed by atoms with van der Waals surface area (Å²) in [6.07, 6.45) is 5.88. The number of halogens is 1. The molecule has 1 fully saturated rings. The lowest BCUT2D eigenvalue weighted by Gasteiger charge is -2.30. The van der Waals surface area contributed by atoms with E-state index in [1.165, 1.54) is 17.7 Å². The lowest BCUT2D eigenvalue weighted by molar-refractivity contribution is -0.120. The Morgan fingerprint density at radius 3 is 2.61 bits per heavy atom. The molecule has 1 unspecified atom stereocenters. The van der Waals surface area contributed by atoms with Crippen molar-refractivity contribution in [2.24, 2.45) is 16.9 Å². The van der Waals surface area contributed by atoms with Gasteiger partial charge in [-0.2, -0.15) is 0 Å². The van der Waals surface area contributed by atoms with Gasteiger partial charge in [-0.25, -0.2) is 0 Å². The SMILES string of the molecule is NC(=O)CC1(CC(N)c2ccc(Br)s2)CCCC1. The number of rotatable bonds is 5. The Balaban J connectivity index is 2.07. The van der Waals surface area contributed by atoms with Gasteiger partial charge in [-0.15, -0.1) is 11.3 Å². The van der Waals surface area contributed by atoms with Gasteiger partial charge in [0, 0.05) is 17.3 Å². The summed E-state index contributed by atoms with van der Waals surface area (Å²) in [5.74, 6) is -0.198. The number of nitrogens with two attached hydrogens (primary N) is 2.